The highest BCUT2D eigenvalue weighted by Crippen LogP contribution is 2.28. The van der Waals surface area contributed by atoms with Gasteiger partial charge in [0.05, 0.1) is 5.54 Å². The molecular formula is C13H24N4O3. The Morgan fingerprint density at radius 3 is 2.75 bits per heavy atom. The summed E-state index contributed by atoms with van der Waals surface area (Å²) in [5, 5.41) is 2.99. The van der Waals surface area contributed by atoms with Gasteiger partial charge in [0.25, 0.3) is 0 Å². The number of rotatable bonds is 2. The van der Waals surface area contributed by atoms with Crippen LogP contribution in [-0.4, -0.2) is 65.8 Å². The number of likely N-dealkylation sites (tertiary alicyclic amines) is 1. The van der Waals surface area contributed by atoms with Crippen LogP contribution in [0.3, 0.4) is 0 Å². The van der Waals surface area contributed by atoms with Crippen molar-refractivity contribution >= 4 is 12.1 Å². The molecule has 0 bridgehead atoms. The average Bonchev–Trinajstić information content (AvgIpc) is 2.83. The summed E-state index contributed by atoms with van der Waals surface area (Å²) in [6.45, 7) is 8.22. The van der Waals surface area contributed by atoms with Gasteiger partial charge in [0.1, 0.15) is 5.60 Å². The molecular weight excluding hydrogens is 260 g/mol. The van der Waals surface area contributed by atoms with Crippen LogP contribution in [0, 0.1) is 0 Å². The number of carbonyl (C=O) groups is 2. The molecule has 2 rings (SSSR count). The Hall–Kier alpha value is -1.50. The van der Waals surface area contributed by atoms with Crippen LogP contribution in [0.15, 0.2) is 0 Å². The molecule has 0 aromatic carbocycles. The van der Waals surface area contributed by atoms with Gasteiger partial charge in [0, 0.05) is 32.7 Å². The Morgan fingerprint density at radius 2 is 2.15 bits per heavy atom. The third kappa shape index (κ3) is 3.15. The molecule has 0 saturated carbocycles. The fraction of sp³-hybridized carbons (Fsp3) is 0.846. The van der Waals surface area contributed by atoms with Crippen molar-refractivity contribution in [3.05, 3.63) is 0 Å². The molecule has 1 spiro atoms. The van der Waals surface area contributed by atoms with E-state index in [1.54, 1.807) is 9.80 Å². The number of nitrogens with zero attached hydrogens (tertiary/aromatic N) is 2. The van der Waals surface area contributed by atoms with Crippen LogP contribution in [0.5, 0.6) is 0 Å². The predicted octanol–water partition coefficient (Wildman–Crippen LogP) is 0.350. The largest absolute Gasteiger partial charge is 0.444 e. The molecule has 1 unspecified atom stereocenters. The highest BCUT2D eigenvalue weighted by molar-refractivity contribution is 5.78. The van der Waals surface area contributed by atoms with E-state index >= 15 is 0 Å². The smallest absolute Gasteiger partial charge is 0.410 e. The minimum Gasteiger partial charge on any atom is -0.444 e. The molecule has 3 amide bonds. The average molecular weight is 284 g/mol. The van der Waals surface area contributed by atoms with Gasteiger partial charge in [-0.15, -0.1) is 0 Å². The van der Waals surface area contributed by atoms with E-state index in [0.29, 0.717) is 32.7 Å². The Bertz CT molecular complexity index is 407. The van der Waals surface area contributed by atoms with Crippen LogP contribution < -0.4 is 11.1 Å². The van der Waals surface area contributed by atoms with Gasteiger partial charge in [-0.2, -0.15) is 0 Å². The number of nitrogens with one attached hydrogen (secondary N) is 1. The number of amides is 3. The first-order chi connectivity index (χ1) is 9.25. The zero-order valence-corrected chi connectivity index (χ0v) is 12.4. The first-order valence-electron chi connectivity index (χ1n) is 7.00. The number of nitrogens with two attached hydrogens (primary N) is 1. The summed E-state index contributed by atoms with van der Waals surface area (Å²) in [7, 11) is 0. The third-order valence-corrected chi connectivity index (χ3v) is 3.56. The zero-order chi connectivity index (χ0) is 15.0. The highest BCUT2D eigenvalue weighted by atomic mass is 16.6. The van der Waals surface area contributed by atoms with Crippen LogP contribution in [0.25, 0.3) is 0 Å². The van der Waals surface area contributed by atoms with Gasteiger partial charge in [-0.1, -0.05) is 0 Å². The summed E-state index contributed by atoms with van der Waals surface area (Å²) in [5.74, 6) is 0. The molecule has 7 heteroatoms. The van der Waals surface area contributed by atoms with Crippen molar-refractivity contribution in [1.29, 1.82) is 0 Å². The van der Waals surface area contributed by atoms with E-state index in [2.05, 4.69) is 5.32 Å². The van der Waals surface area contributed by atoms with Crippen LogP contribution >= 0.6 is 0 Å². The van der Waals surface area contributed by atoms with Gasteiger partial charge in [-0.3, -0.25) is 0 Å². The normalized spacial score (nSPS) is 26.3. The van der Waals surface area contributed by atoms with Gasteiger partial charge < -0.3 is 25.6 Å². The van der Waals surface area contributed by atoms with Gasteiger partial charge in [-0.25, -0.2) is 9.59 Å². The molecule has 2 aliphatic heterocycles. The van der Waals surface area contributed by atoms with Crippen LogP contribution in [-0.2, 0) is 4.74 Å². The molecule has 1 atom stereocenters. The standard InChI is InChI=1S/C13H24N4O3/c1-12(2,3)20-11(19)17-6-4-13(9-17)8-16(7-5-14)10(18)15-13/h4-9,14H2,1-3H3,(H,15,18). The fourth-order valence-electron chi connectivity index (χ4n) is 2.70. The third-order valence-electron chi connectivity index (χ3n) is 3.56. The quantitative estimate of drug-likeness (QED) is 0.766. The molecule has 7 nitrogen and oxygen atoms in total. The van der Waals surface area contributed by atoms with Crippen molar-refractivity contribution in [1.82, 2.24) is 15.1 Å². The number of hydrogen-bond donors (Lipinski definition) is 2. The van der Waals surface area contributed by atoms with Crippen molar-refractivity contribution in [2.45, 2.75) is 38.3 Å². The number of urea groups is 1. The fourth-order valence-corrected chi connectivity index (χ4v) is 2.70. The molecule has 20 heavy (non-hydrogen) atoms. The molecule has 0 aromatic rings. The van der Waals surface area contributed by atoms with Gasteiger partial charge >= 0.3 is 12.1 Å². The van der Waals surface area contributed by atoms with Gasteiger partial charge in [0.15, 0.2) is 0 Å². The van der Waals surface area contributed by atoms with Crippen molar-refractivity contribution < 1.29 is 14.3 Å². The van der Waals surface area contributed by atoms with Crippen LogP contribution in [0.2, 0.25) is 0 Å². The number of carbonyl (C=O) groups excluding carboxylic acids is 2. The van der Waals surface area contributed by atoms with Crippen molar-refractivity contribution in [2.24, 2.45) is 5.73 Å². The summed E-state index contributed by atoms with van der Waals surface area (Å²) >= 11 is 0. The highest BCUT2D eigenvalue weighted by Gasteiger charge is 2.48. The Balaban J connectivity index is 1.95. The lowest BCUT2D eigenvalue weighted by atomic mass is 10.0. The van der Waals surface area contributed by atoms with E-state index in [1.807, 2.05) is 20.8 Å². The SMILES string of the molecule is CC(C)(C)OC(=O)N1CCC2(CN(CCN)C(=O)N2)C1. The minimum absolute atomic E-state index is 0.0958. The molecule has 2 fully saturated rings. The maximum absolute atomic E-state index is 12.0. The van der Waals surface area contributed by atoms with Crippen LogP contribution in [0.4, 0.5) is 9.59 Å². The zero-order valence-electron chi connectivity index (χ0n) is 12.4. The number of ether oxygens (including phenoxy) is 1. The molecule has 0 aromatic heterocycles. The molecule has 3 N–H and O–H groups in total. The summed E-state index contributed by atoms with van der Waals surface area (Å²) in [4.78, 5) is 27.3. The maximum Gasteiger partial charge on any atom is 0.410 e. The molecule has 0 radical (unpaired) electrons. The first-order valence-corrected chi connectivity index (χ1v) is 7.00. The Labute approximate surface area is 119 Å². The summed E-state index contributed by atoms with van der Waals surface area (Å²) in [5.41, 5.74) is 4.65. The number of hydrogen-bond acceptors (Lipinski definition) is 4. The van der Waals surface area contributed by atoms with Gasteiger partial charge in [0.2, 0.25) is 0 Å². The second-order valence-electron chi connectivity index (χ2n) is 6.57. The molecule has 114 valence electrons. The van der Waals surface area contributed by atoms with E-state index in [9.17, 15) is 9.59 Å². The van der Waals surface area contributed by atoms with Crippen LogP contribution in [0.1, 0.15) is 27.2 Å². The summed E-state index contributed by atoms with van der Waals surface area (Å²) in [6.07, 6.45) is 0.430. The topological polar surface area (TPSA) is 87.9 Å². The van der Waals surface area contributed by atoms with E-state index in [-0.39, 0.29) is 17.7 Å². The molecule has 2 saturated heterocycles. The predicted molar refractivity (Wildman–Crippen MR) is 74.3 cm³/mol. The lowest BCUT2D eigenvalue weighted by molar-refractivity contribution is 0.0283. The van der Waals surface area contributed by atoms with Crippen molar-refractivity contribution in [2.75, 3.05) is 32.7 Å². The van der Waals surface area contributed by atoms with E-state index in [1.165, 1.54) is 0 Å². The maximum atomic E-state index is 12.0. The summed E-state index contributed by atoms with van der Waals surface area (Å²) in [6, 6.07) is -0.0958. The van der Waals surface area contributed by atoms with E-state index in [0.717, 1.165) is 6.42 Å². The van der Waals surface area contributed by atoms with Crippen molar-refractivity contribution in [3.8, 4) is 0 Å². The second-order valence-corrected chi connectivity index (χ2v) is 6.57. The first kappa shape index (κ1) is 14.9. The molecule has 0 aliphatic carbocycles. The lowest BCUT2D eigenvalue weighted by Gasteiger charge is -2.26. The molecule has 2 heterocycles. The monoisotopic (exact) mass is 284 g/mol. The van der Waals surface area contributed by atoms with E-state index < -0.39 is 5.60 Å². The van der Waals surface area contributed by atoms with Crippen molar-refractivity contribution in [3.63, 3.8) is 0 Å². The minimum atomic E-state index is -0.503. The Morgan fingerprint density at radius 1 is 1.45 bits per heavy atom. The lowest BCUT2D eigenvalue weighted by Crippen LogP contribution is -2.47. The Kier molecular flexibility index (Phi) is 3.82. The van der Waals surface area contributed by atoms with Gasteiger partial charge in [-0.05, 0) is 27.2 Å². The molecule has 2 aliphatic rings. The summed E-state index contributed by atoms with van der Waals surface area (Å²) < 4.78 is 5.37. The van der Waals surface area contributed by atoms with E-state index in [4.69, 9.17) is 10.5 Å². The second kappa shape index (κ2) is 5.12.